The monoisotopic (exact) mass is 264 g/mol. The largest absolute Gasteiger partial charge is 0.223 e. The molecule has 4 heteroatoms. The Labute approximate surface area is 110 Å². The molecule has 0 atom stereocenters. The SMILES string of the molecule is Cc1cccc(CSc2cc(C)nc(Cl)n2)c1. The molecule has 0 radical (unpaired) electrons. The van der Waals surface area contributed by atoms with Gasteiger partial charge in [0.15, 0.2) is 0 Å². The lowest BCUT2D eigenvalue weighted by Gasteiger charge is -2.03. The van der Waals surface area contributed by atoms with Gasteiger partial charge in [0.05, 0.1) is 0 Å². The Morgan fingerprint density at radius 1 is 1.18 bits per heavy atom. The van der Waals surface area contributed by atoms with Gasteiger partial charge >= 0.3 is 0 Å². The zero-order chi connectivity index (χ0) is 12.3. The molecule has 1 heterocycles. The van der Waals surface area contributed by atoms with E-state index in [4.69, 9.17) is 11.6 Å². The van der Waals surface area contributed by atoms with E-state index < -0.39 is 0 Å². The van der Waals surface area contributed by atoms with Gasteiger partial charge in [0.2, 0.25) is 5.28 Å². The summed E-state index contributed by atoms with van der Waals surface area (Å²) in [6.45, 7) is 4.02. The molecule has 0 aliphatic heterocycles. The highest BCUT2D eigenvalue weighted by molar-refractivity contribution is 7.98. The molecule has 0 unspecified atom stereocenters. The summed E-state index contributed by atoms with van der Waals surface area (Å²) in [5.41, 5.74) is 3.47. The van der Waals surface area contributed by atoms with Crippen molar-refractivity contribution >= 4 is 23.4 Å². The smallest absolute Gasteiger partial charge is 0.223 e. The number of benzene rings is 1. The molecule has 0 fully saturated rings. The first-order valence-corrected chi connectivity index (χ1v) is 6.69. The number of halogens is 1. The number of thioether (sulfide) groups is 1. The Bertz CT molecular complexity index is 508. The molecule has 0 saturated heterocycles. The van der Waals surface area contributed by atoms with E-state index in [1.165, 1.54) is 11.1 Å². The van der Waals surface area contributed by atoms with Crippen molar-refractivity contribution < 1.29 is 0 Å². The van der Waals surface area contributed by atoms with Crippen LogP contribution in [0.15, 0.2) is 35.4 Å². The Morgan fingerprint density at radius 2 is 2.00 bits per heavy atom. The van der Waals surface area contributed by atoms with Crippen LogP contribution in [-0.2, 0) is 5.75 Å². The second-order valence-electron chi connectivity index (χ2n) is 3.89. The molecular weight excluding hydrogens is 252 g/mol. The van der Waals surface area contributed by atoms with Crippen LogP contribution < -0.4 is 0 Å². The van der Waals surface area contributed by atoms with E-state index in [0.717, 1.165) is 16.5 Å². The number of hydrogen-bond donors (Lipinski definition) is 0. The maximum Gasteiger partial charge on any atom is 0.223 e. The number of hydrogen-bond acceptors (Lipinski definition) is 3. The third-order valence-corrected chi connectivity index (χ3v) is 3.42. The Hall–Kier alpha value is -1.06. The van der Waals surface area contributed by atoms with Gasteiger partial charge in [-0.15, -0.1) is 11.8 Å². The van der Waals surface area contributed by atoms with Crippen molar-refractivity contribution in [2.45, 2.75) is 24.6 Å². The molecule has 0 spiro atoms. The summed E-state index contributed by atoms with van der Waals surface area (Å²) >= 11 is 7.50. The maximum absolute atomic E-state index is 5.82. The van der Waals surface area contributed by atoms with Crippen LogP contribution in [0.3, 0.4) is 0 Å². The summed E-state index contributed by atoms with van der Waals surface area (Å²) in [7, 11) is 0. The molecule has 2 aromatic rings. The molecule has 0 aliphatic rings. The molecule has 0 aliphatic carbocycles. The lowest BCUT2D eigenvalue weighted by molar-refractivity contribution is 1.01. The predicted molar refractivity (Wildman–Crippen MR) is 72.5 cm³/mol. The van der Waals surface area contributed by atoms with Crippen LogP contribution in [-0.4, -0.2) is 9.97 Å². The average Bonchev–Trinajstić information content (AvgIpc) is 2.25. The minimum absolute atomic E-state index is 0.316. The number of nitrogens with zero attached hydrogens (tertiary/aromatic N) is 2. The first-order chi connectivity index (χ1) is 8.13. The normalized spacial score (nSPS) is 10.5. The van der Waals surface area contributed by atoms with Gasteiger partial charge in [0.25, 0.3) is 0 Å². The first-order valence-electron chi connectivity index (χ1n) is 5.33. The molecule has 0 amide bonds. The van der Waals surface area contributed by atoms with Gasteiger partial charge < -0.3 is 0 Å². The van der Waals surface area contributed by atoms with E-state index >= 15 is 0 Å². The minimum atomic E-state index is 0.316. The van der Waals surface area contributed by atoms with Gasteiger partial charge in [-0.25, -0.2) is 9.97 Å². The third-order valence-electron chi connectivity index (χ3n) is 2.27. The maximum atomic E-state index is 5.82. The van der Waals surface area contributed by atoms with Crippen LogP contribution in [0.1, 0.15) is 16.8 Å². The van der Waals surface area contributed by atoms with E-state index in [1.807, 2.05) is 13.0 Å². The molecule has 17 heavy (non-hydrogen) atoms. The van der Waals surface area contributed by atoms with Gasteiger partial charge in [-0.05, 0) is 37.1 Å². The topological polar surface area (TPSA) is 25.8 Å². The molecule has 88 valence electrons. The van der Waals surface area contributed by atoms with Gasteiger partial charge in [-0.3, -0.25) is 0 Å². The summed E-state index contributed by atoms with van der Waals surface area (Å²) in [5, 5.41) is 1.24. The Morgan fingerprint density at radius 3 is 2.71 bits per heavy atom. The van der Waals surface area contributed by atoms with E-state index in [0.29, 0.717) is 5.28 Å². The molecule has 0 saturated carbocycles. The highest BCUT2D eigenvalue weighted by Gasteiger charge is 2.01. The van der Waals surface area contributed by atoms with E-state index in [1.54, 1.807) is 11.8 Å². The zero-order valence-electron chi connectivity index (χ0n) is 9.77. The van der Waals surface area contributed by atoms with Crippen LogP contribution in [0.25, 0.3) is 0 Å². The van der Waals surface area contributed by atoms with Gasteiger partial charge in [-0.1, -0.05) is 29.8 Å². The zero-order valence-corrected chi connectivity index (χ0v) is 11.3. The van der Waals surface area contributed by atoms with E-state index in [-0.39, 0.29) is 0 Å². The van der Waals surface area contributed by atoms with Gasteiger partial charge in [0, 0.05) is 11.4 Å². The van der Waals surface area contributed by atoms with Gasteiger partial charge in [-0.2, -0.15) is 0 Å². The van der Waals surface area contributed by atoms with Crippen molar-refractivity contribution in [3.05, 3.63) is 52.4 Å². The van der Waals surface area contributed by atoms with E-state index in [9.17, 15) is 0 Å². The minimum Gasteiger partial charge on any atom is -0.223 e. The highest BCUT2D eigenvalue weighted by Crippen LogP contribution is 2.22. The first kappa shape index (κ1) is 12.4. The van der Waals surface area contributed by atoms with Crippen molar-refractivity contribution in [2.24, 2.45) is 0 Å². The average molecular weight is 265 g/mol. The summed E-state index contributed by atoms with van der Waals surface area (Å²) in [4.78, 5) is 8.23. The molecule has 0 N–H and O–H groups in total. The van der Waals surface area contributed by atoms with Crippen molar-refractivity contribution in [3.8, 4) is 0 Å². The van der Waals surface area contributed by atoms with Crippen LogP contribution in [0, 0.1) is 13.8 Å². The van der Waals surface area contributed by atoms with Gasteiger partial charge in [0.1, 0.15) is 5.03 Å². The lowest BCUT2D eigenvalue weighted by atomic mass is 10.2. The van der Waals surface area contributed by atoms with Crippen molar-refractivity contribution in [1.82, 2.24) is 9.97 Å². The Kier molecular flexibility index (Phi) is 4.02. The quantitative estimate of drug-likeness (QED) is 0.475. The molecule has 1 aromatic heterocycles. The fourth-order valence-corrected chi connectivity index (χ4v) is 2.71. The molecule has 1 aromatic carbocycles. The number of rotatable bonds is 3. The summed E-state index contributed by atoms with van der Waals surface area (Å²) in [5.74, 6) is 0.897. The second kappa shape index (κ2) is 5.52. The van der Waals surface area contributed by atoms with Crippen LogP contribution in [0.2, 0.25) is 5.28 Å². The predicted octanol–water partition coefficient (Wildman–Crippen LogP) is 4.04. The standard InChI is InChI=1S/C13H13ClN2S/c1-9-4-3-5-11(6-9)8-17-12-7-10(2)15-13(14)16-12/h3-7H,8H2,1-2H3. The van der Waals surface area contributed by atoms with E-state index in [2.05, 4.69) is 41.2 Å². The molecule has 0 bridgehead atoms. The summed E-state index contributed by atoms with van der Waals surface area (Å²) in [6, 6.07) is 10.4. The highest BCUT2D eigenvalue weighted by atomic mass is 35.5. The van der Waals surface area contributed by atoms with Crippen molar-refractivity contribution in [3.63, 3.8) is 0 Å². The van der Waals surface area contributed by atoms with Crippen molar-refractivity contribution in [2.75, 3.05) is 0 Å². The number of aromatic nitrogens is 2. The fourth-order valence-electron chi connectivity index (χ4n) is 1.54. The fraction of sp³-hybridized carbons (Fsp3) is 0.231. The van der Waals surface area contributed by atoms with Crippen molar-refractivity contribution in [1.29, 1.82) is 0 Å². The van der Waals surface area contributed by atoms with Crippen LogP contribution in [0.5, 0.6) is 0 Å². The van der Waals surface area contributed by atoms with Crippen LogP contribution in [0.4, 0.5) is 0 Å². The summed E-state index contributed by atoms with van der Waals surface area (Å²) < 4.78 is 0. The Balaban J connectivity index is 2.07. The third kappa shape index (κ3) is 3.72. The lowest BCUT2D eigenvalue weighted by Crippen LogP contribution is -1.90. The van der Waals surface area contributed by atoms with Crippen LogP contribution >= 0.6 is 23.4 Å². The molecule has 2 rings (SSSR count). The molecule has 2 nitrogen and oxygen atoms in total. The molecular formula is C13H13ClN2S. The second-order valence-corrected chi connectivity index (χ2v) is 5.23. The summed E-state index contributed by atoms with van der Waals surface area (Å²) in [6.07, 6.45) is 0. The number of aryl methyl sites for hydroxylation is 2.